The van der Waals surface area contributed by atoms with E-state index in [2.05, 4.69) is 5.10 Å². The maximum atomic E-state index is 5.27. The van der Waals surface area contributed by atoms with Crippen LogP contribution in [0.5, 0.6) is 17.2 Å². The van der Waals surface area contributed by atoms with Gasteiger partial charge in [0.1, 0.15) is 5.75 Å². The van der Waals surface area contributed by atoms with E-state index < -0.39 is 0 Å². The first-order valence-electron chi connectivity index (χ1n) is 5.13. The van der Waals surface area contributed by atoms with Crippen LogP contribution in [0.2, 0.25) is 0 Å². The Kier molecular flexibility index (Phi) is 4.63. The quantitative estimate of drug-likeness (QED) is 0.577. The van der Waals surface area contributed by atoms with Gasteiger partial charge in [-0.15, -0.1) is 0 Å². The summed E-state index contributed by atoms with van der Waals surface area (Å²) in [6.07, 6.45) is 1.71. The molecule has 0 saturated heterocycles. The van der Waals surface area contributed by atoms with Crippen molar-refractivity contribution in [2.45, 2.75) is 0 Å². The second-order valence-electron chi connectivity index (χ2n) is 3.54. The predicted molar refractivity (Wildman–Crippen MR) is 67.4 cm³/mol. The van der Waals surface area contributed by atoms with Crippen molar-refractivity contribution in [3.8, 4) is 17.2 Å². The highest BCUT2D eigenvalue weighted by atomic mass is 16.5. The number of hydrogen-bond donors (Lipinski definition) is 0. The third-order valence-electron chi connectivity index (χ3n) is 2.16. The maximum absolute atomic E-state index is 5.27. The van der Waals surface area contributed by atoms with Crippen LogP contribution in [0.1, 0.15) is 5.56 Å². The summed E-state index contributed by atoms with van der Waals surface area (Å²) in [5.74, 6) is 1.97. The molecule has 5 nitrogen and oxygen atoms in total. The van der Waals surface area contributed by atoms with Crippen molar-refractivity contribution < 1.29 is 14.2 Å². The summed E-state index contributed by atoms with van der Waals surface area (Å²) in [7, 11) is 8.49. The minimum atomic E-state index is 0.631. The molecule has 0 amide bonds. The lowest BCUT2D eigenvalue weighted by atomic mass is 10.2. The molecule has 1 rings (SSSR count). The van der Waals surface area contributed by atoms with Crippen LogP contribution in [0.25, 0.3) is 0 Å². The van der Waals surface area contributed by atoms with Gasteiger partial charge in [0, 0.05) is 25.7 Å². The molecular weight excluding hydrogens is 220 g/mol. The molecular formula is C12H18N2O3. The van der Waals surface area contributed by atoms with Gasteiger partial charge in [-0.1, -0.05) is 0 Å². The third-order valence-corrected chi connectivity index (χ3v) is 2.16. The van der Waals surface area contributed by atoms with Crippen molar-refractivity contribution in [3.05, 3.63) is 17.7 Å². The van der Waals surface area contributed by atoms with Crippen LogP contribution in [0.15, 0.2) is 17.2 Å². The van der Waals surface area contributed by atoms with E-state index in [0.717, 1.165) is 5.56 Å². The molecule has 1 aromatic carbocycles. The molecule has 0 aliphatic carbocycles. The molecule has 0 aromatic heterocycles. The van der Waals surface area contributed by atoms with Crippen molar-refractivity contribution in [2.24, 2.45) is 5.10 Å². The van der Waals surface area contributed by atoms with E-state index in [1.807, 2.05) is 20.2 Å². The average molecular weight is 238 g/mol. The lowest BCUT2D eigenvalue weighted by Crippen LogP contribution is -2.03. The fourth-order valence-electron chi connectivity index (χ4n) is 1.33. The Labute approximate surface area is 102 Å². The molecule has 94 valence electrons. The van der Waals surface area contributed by atoms with Crippen LogP contribution in [0.4, 0.5) is 0 Å². The summed E-state index contributed by atoms with van der Waals surface area (Å²) in [5.41, 5.74) is 0.832. The topological polar surface area (TPSA) is 43.3 Å². The van der Waals surface area contributed by atoms with Crippen molar-refractivity contribution in [1.82, 2.24) is 5.01 Å². The van der Waals surface area contributed by atoms with E-state index in [9.17, 15) is 0 Å². The van der Waals surface area contributed by atoms with Crippen molar-refractivity contribution in [1.29, 1.82) is 0 Å². The molecule has 0 heterocycles. The van der Waals surface area contributed by atoms with Gasteiger partial charge < -0.3 is 19.2 Å². The van der Waals surface area contributed by atoms with Gasteiger partial charge in [0.2, 0.25) is 0 Å². The Morgan fingerprint density at radius 1 is 0.941 bits per heavy atom. The Morgan fingerprint density at radius 2 is 1.47 bits per heavy atom. The van der Waals surface area contributed by atoms with Gasteiger partial charge in [0.25, 0.3) is 0 Å². The summed E-state index contributed by atoms with van der Waals surface area (Å²) in [5, 5.41) is 5.87. The number of nitrogens with zero attached hydrogens (tertiary/aromatic N) is 2. The van der Waals surface area contributed by atoms with Gasteiger partial charge in [-0.3, -0.25) is 0 Å². The normalized spacial score (nSPS) is 10.4. The molecule has 0 radical (unpaired) electrons. The third kappa shape index (κ3) is 3.27. The van der Waals surface area contributed by atoms with Gasteiger partial charge in [-0.05, 0) is 6.07 Å². The molecule has 0 aliphatic heterocycles. The van der Waals surface area contributed by atoms with Crippen molar-refractivity contribution >= 4 is 6.21 Å². The highest BCUT2D eigenvalue weighted by Gasteiger charge is 2.10. The van der Waals surface area contributed by atoms with Crippen LogP contribution in [0, 0.1) is 0 Å². The SMILES string of the molecule is COc1cc(OC)c(OC)cc1/C=N/N(C)C. The molecule has 0 atom stereocenters. The molecule has 1 aromatic rings. The number of benzene rings is 1. The first-order valence-corrected chi connectivity index (χ1v) is 5.13. The van der Waals surface area contributed by atoms with E-state index in [-0.39, 0.29) is 0 Å². The lowest BCUT2D eigenvalue weighted by molar-refractivity contribution is 0.348. The van der Waals surface area contributed by atoms with E-state index in [4.69, 9.17) is 14.2 Å². The average Bonchev–Trinajstić information content (AvgIpc) is 2.34. The van der Waals surface area contributed by atoms with Gasteiger partial charge in [0.15, 0.2) is 11.5 Å². The van der Waals surface area contributed by atoms with Crippen LogP contribution >= 0.6 is 0 Å². The summed E-state index contributed by atoms with van der Waals surface area (Å²) >= 11 is 0. The largest absolute Gasteiger partial charge is 0.496 e. The number of methoxy groups -OCH3 is 3. The first-order chi connectivity index (χ1) is 8.12. The molecule has 0 saturated carbocycles. The Balaban J connectivity index is 3.19. The Bertz CT molecular complexity index is 403. The zero-order valence-electron chi connectivity index (χ0n) is 10.9. The second kappa shape index (κ2) is 5.98. The zero-order chi connectivity index (χ0) is 12.8. The smallest absolute Gasteiger partial charge is 0.164 e. The van der Waals surface area contributed by atoms with Gasteiger partial charge in [-0.25, -0.2) is 0 Å². The monoisotopic (exact) mass is 238 g/mol. The van der Waals surface area contributed by atoms with Crippen LogP contribution in [-0.4, -0.2) is 46.6 Å². The lowest BCUT2D eigenvalue weighted by Gasteiger charge is -2.12. The van der Waals surface area contributed by atoms with Crippen molar-refractivity contribution in [3.63, 3.8) is 0 Å². The minimum Gasteiger partial charge on any atom is -0.496 e. The van der Waals surface area contributed by atoms with Crippen molar-refractivity contribution in [2.75, 3.05) is 35.4 Å². The Hall–Kier alpha value is -1.91. The molecule has 5 heteroatoms. The molecule has 0 unspecified atom stereocenters. The number of hydrazone groups is 1. The van der Waals surface area contributed by atoms with Gasteiger partial charge >= 0.3 is 0 Å². The van der Waals surface area contributed by atoms with E-state index >= 15 is 0 Å². The fourth-order valence-corrected chi connectivity index (χ4v) is 1.33. The van der Waals surface area contributed by atoms with Crippen LogP contribution in [0.3, 0.4) is 0 Å². The second-order valence-corrected chi connectivity index (χ2v) is 3.54. The predicted octanol–water partition coefficient (Wildman–Crippen LogP) is 1.61. The zero-order valence-corrected chi connectivity index (χ0v) is 10.9. The number of hydrogen-bond acceptors (Lipinski definition) is 5. The van der Waals surface area contributed by atoms with Gasteiger partial charge in [0.05, 0.1) is 27.5 Å². The minimum absolute atomic E-state index is 0.631. The summed E-state index contributed by atoms with van der Waals surface area (Å²) in [6, 6.07) is 3.60. The molecule has 17 heavy (non-hydrogen) atoms. The fraction of sp³-hybridized carbons (Fsp3) is 0.417. The standard InChI is InChI=1S/C12H18N2O3/c1-14(2)13-8-9-6-11(16-4)12(17-5)7-10(9)15-3/h6-8H,1-5H3/b13-8+. The summed E-state index contributed by atoms with van der Waals surface area (Å²) < 4.78 is 15.7. The van der Waals surface area contributed by atoms with Crippen LogP contribution in [-0.2, 0) is 0 Å². The maximum Gasteiger partial charge on any atom is 0.164 e. The number of rotatable bonds is 5. The summed E-state index contributed by atoms with van der Waals surface area (Å²) in [6.45, 7) is 0. The van der Waals surface area contributed by atoms with E-state index in [1.54, 1.807) is 38.6 Å². The highest BCUT2D eigenvalue weighted by molar-refractivity contribution is 5.85. The number of ether oxygens (including phenoxy) is 3. The highest BCUT2D eigenvalue weighted by Crippen LogP contribution is 2.33. The van der Waals surface area contributed by atoms with E-state index in [0.29, 0.717) is 17.2 Å². The molecule has 0 bridgehead atoms. The van der Waals surface area contributed by atoms with E-state index in [1.165, 1.54) is 0 Å². The summed E-state index contributed by atoms with van der Waals surface area (Å²) in [4.78, 5) is 0. The van der Waals surface area contributed by atoms with Gasteiger partial charge in [-0.2, -0.15) is 5.10 Å². The first kappa shape index (κ1) is 13.2. The molecule has 0 aliphatic rings. The molecule has 0 spiro atoms. The molecule has 0 fully saturated rings. The molecule has 0 N–H and O–H groups in total. The van der Waals surface area contributed by atoms with Crippen LogP contribution < -0.4 is 14.2 Å². The Morgan fingerprint density at radius 3 is 1.94 bits per heavy atom.